The second kappa shape index (κ2) is 8.36. The van der Waals surface area contributed by atoms with Crippen LogP contribution in [-0.2, 0) is 15.3 Å². The maximum Gasteiger partial charge on any atom is 0.337 e. The van der Waals surface area contributed by atoms with E-state index in [1.807, 2.05) is 13.8 Å². The van der Waals surface area contributed by atoms with Crippen LogP contribution in [0.25, 0.3) is 10.2 Å². The number of nitrogens with zero attached hydrogens (tertiary/aromatic N) is 1. The number of aromatic amines is 1. The average molecular weight is 423 g/mol. The smallest absolute Gasteiger partial charge is 0.337 e. The van der Waals surface area contributed by atoms with Gasteiger partial charge in [0.05, 0.1) is 29.4 Å². The molecule has 1 unspecified atom stereocenters. The Bertz CT molecular complexity index is 1020. The Morgan fingerprint density at radius 1 is 1.29 bits per heavy atom. The van der Waals surface area contributed by atoms with E-state index in [-0.39, 0.29) is 18.2 Å². The molecule has 0 aromatic carbocycles. The minimum Gasteiger partial charge on any atom is -0.463 e. The van der Waals surface area contributed by atoms with Crippen molar-refractivity contribution in [1.82, 2.24) is 20.6 Å². The number of esters is 1. The van der Waals surface area contributed by atoms with Gasteiger partial charge in [-0.05, 0) is 33.3 Å². The topological polar surface area (TPSA) is 113 Å². The van der Waals surface area contributed by atoms with E-state index in [1.165, 1.54) is 23.1 Å². The van der Waals surface area contributed by atoms with E-state index in [9.17, 15) is 14.4 Å². The van der Waals surface area contributed by atoms with Crippen LogP contribution in [0.5, 0.6) is 0 Å². The Hall–Kier alpha value is -2.33. The highest BCUT2D eigenvalue weighted by molar-refractivity contribution is 7.98. The summed E-state index contributed by atoms with van der Waals surface area (Å²) in [5.41, 5.74) is 1.75. The molecule has 2 amide bonds. The van der Waals surface area contributed by atoms with Gasteiger partial charge in [0.15, 0.2) is 0 Å². The normalized spacial score (nSPS) is 16.9. The van der Waals surface area contributed by atoms with Crippen LogP contribution in [0.3, 0.4) is 0 Å². The zero-order valence-corrected chi connectivity index (χ0v) is 17.7. The summed E-state index contributed by atoms with van der Waals surface area (Å²) in [4.78, 5) is 45.6. The summed E-state index contributed by atoms with van der Waals surface area (Å²) in [5, 5.41) is 6.00. The molecule has 1 aliphatic rings. The molecule has 3 rings (SSSR count). The summed E-state index contributed by atoms with van der Waals surface area (Å²) in [6.45, 7) is 7.63. The molecule has 3 N–H and O–H groups in total. The zero-order valence-electron chi connectivity index (χ0n) is 16.1. The molecule has 0 saturated heterocycles. The SMILES string of the molecule is CCOC(=O)C1=C(CSCc2nc3sc(C)c(C)c3c(=O)[nH]2)NC(=O)NC1C. The van der Waals surface area contributed by atoms with Crippen molar-refractivity contribution >= 4 is 45.3 Å². The number of thioether (sulfide) groups is 1. The van der Waals surface area contributed by atoms with E-state index in [4.69, 9.17) is 4.74 Å². The number of H-pyrrole nitrogens is 1. The Morgan fingerprint density at radius 3 is 2.75 bits per heavy atom. The zero-order chi connectivity index (χ0) is 20.4. The van der Waals surface area contributed by atoms with Crippen LogP contribution >= 0.6 is 23.1 Å². The number of aromatic nitrogens is 2. The van der Waals surface area contributed by atoms with Gasteiger partial charge in [-0.15, -0.1) is 23.1 Å². The number of thiophene rings is 1. The van der Waals surface area contributed by atoms with Crippen LogP contribution in [-0.4, -0.2) is 40.4 Å². The molecule has 0 spiro atoms. The number of hydrogen-bond acceptors (Lipinski definition) is 7. The monoisotopic (exact) mass is 422 g/mol. The van der Waals surface area contributed by atoms with Gasteiger partial charge in [0, 0.05) is 16.3 Å². The summed E-state index contributed by atoms with van der Waals surface area (Å²) in [6, 6.07) is -0.789. The second-order valence-electron chi connectivity index (χ2n) is 6.40. The van der Waals surface area contributed by atoms with E-state index in [0.29, 0.717) is 34.0 Å². The molecule has 150 valence electrons. The van der Waals surface area contributed by atoms with Crippen LogP contribution < -0.4 is 16.2 Å². The van der Waals surface area contributed by atoms with Gasteiger partial charge in [0.2, 0.25) is 0 Å². The number of urea groups is 1. The third-order valence-corrected chi connectivity index (χ3v) is 6.51. The second-order valence-corrected chi connectivity index (χ2v) is 8.59. The molecule has 1 atom stereocenters. The quantitative estimate of drug-likeness (QED) is 0.616. The molecular weight excluding hydrogens is 400 g/mol. The van der Waals surface area contributed by atoms with Gasteiger partial charge in [-0.1, -0.05) is 0 Å². The van der Waals surface area contributed by atoms with E-state index in [1.54, 1.807) is 13.8 Å². The third kappa shape index (κ3) is 4.07. The lowest BCUT2D eigenvalue weighted by molar-refractivity contribution is -0.138. The van der Waals surface area contributed by atoms with Crippen molar-refractivity contribution in [2.45, 2.75) is 39.5 Å². The van der Waals surface area contributed by atoms with Gasteiger partial charge in [0.1, 0.15) is 10.7 Å². The van der Waals surface area contributed by atoms with Crippen LogP contribution in [0.4, 0.5) is 4.79 Å². The van der Waals surface area contributed by atoms with Crippen LogP contribution in [0.1, 0.15) is 30.1 Å². The largest absolute Gasteiger partial charge is 0.463 e. The standard InChI is InChI=1S/C18H22N4O4S2/c1-5-26-17(24)14-9(3)19-18(25)20-11(14)6-27-7-12-21-15(23)13-8(2)10(4)28-16(13)22-12/h9H,5-7H2,1-4H3,(H2,19,20,25)(H,21,22,23). The molecule has 2 aromatic rings. The minimum absolute atomic E-state index is 0.141. The third-order valence-electron chi connectivity index (χ3n) is 4.44. The molecule has 2 aromatic heterocycles. The molecule has 0 radical (unpaired) electrons. The lowest BCUT2D eigenvalue weighted by atomic mass is 10.1. The van der Waals surface area contributed by atoms with Crippen molar-refractivity contribution in [3.63, 3.8) is 0 Å². The molecule has 3 heterocycles. The van der Waals surface area contributed by atoms with Gasteiger partial charge in [-0.25, -0.2) is 14.6 Å². The van der Waals surface area contributed by atoms with Crippen LogP contribution in [0.2, 0.25) is 0 Å². The highest BCUT2D eigenvalue weighted by Crippen LogP contribution is 2.26. The van der Waals surface area contributed by atoms with Gasteiger partial charge in [-0.2, -0.15) is 0 Å². The van der Waals surface area contributed by atoms with Crippen molar-refractivity contribution in [3.8, 4) is 0 Å². The number of carbonyl (C=O) groups excluding carboxylic acids is 2. The van der Waals surface area contributed by atoms with Gasteiger partial charge < -0.3 is 20.4 Å². The van der Waals surface area contributed by atoms with Gasteiger partial charge in [-0.3, -0.25) is 4.79 Å². The fourth-order valence-electron chi connectivity index (χ4n) is 3.01. The van der Waals surface area contributed by atoms with Crippen LogP contribution in [0, 0.1) is 13.8 Å². The first-order valence-electron chi connectivity index (χ1n) is 8.86. The molecule has 0 fully saturated rings. The summed E-state index contributed by atoms with van der Waals surface area (Å²) < 4.78 is 5.10. The predicted octanol–water partition coefficient (Wildman–Crippen LogP) is 2.35. The fraction of sp³-hybridized carbons (Fsp3) is 0.444. The first kappa shape index (κ1) is 20.4. The lowest BCUT2D eigenvalue weighted by Gasteiger charge is -2.26. The number of amides is 2. The Balaban J connectivity index is 1.78. The van der Waals surface area contributed by atoms with Gasteiger partial charge >= 0.3 is 12.0 Å². The molecule has 10 heteroatoms. The highest BCUT2D eigenvalue weighted by atomic mass is 32.2. The summed E-state index contributed by atoms with van der Waals surface area (Å²) in [5.74, 6) is 0.945. The first-order chi connectivity index (χ1) is 13.3. The first-order valence-corrected chi connectivity index (χ1v) is 10.8. The van der Waals surface area contributed by atoms with Crippen molar-refractivity contribution in [2.75, 3.05) is 12.4 Å². The molecule has 8 nitrogen and oxygen atoms in total. The van der Waals surface area contributed by atoms with Crippen LogP contribution in [0.15, 0.2) is 16.1 Å². The summed E-state index contributed by atoms with van der Waals surface area (Å²) >= 11 is 2.95. The van der Waals surface area contributed by atoms with Gasteiger partial charge in [0.25, 0.3) is 5.56 Å². The number of hydrogen-bond donors (Lipinski definition) is 3. The lowest BCUT2D eigenvalue weighted by Crippen LogP contribution is -2.49. The van der Waals surface area contributed by atoms with Crippen molar-refractivity contribution in [2.24, 2.45) is 0 Å². The number of ether oxygens (including phenoxy) is 1. The number of carbonyl (C=O) groups is 2. The number of rotatable bonds is 6. The molecule has 0 aliphatic carbocycles. The van der Waals surface area contributed by atoms with E-state index in [0.717, 1.165) is 15.3 Å². The minimum atomic E-state index is -0.449. The predicted molar refractivity (Wildman–Crippen MR) is 111 cm³/mol. The van der Waals surface area contributed by atoms with E-state index < -0.39 is 12.0 Å². The summed E-state index contributed by atoms with van der Waals surface area (Å²) in [6.07, 6.45) is 0. The average Bonchev–Trinajstić information content (AvgIpc) is 2.89. The number of fused-ring (bicyclic) bond motifs is 1. The maximum absolute atomic E-state index is 12.4. The molecule has 0 saturated carbocycles. The fourth-order valence-corrected chi connectivity index (χ4v) is 4.92. The maximum atomic E-state index is 12.4. The van der Waals surface area contributed by atoms with E-state index in [2.05, 4.69) is 20.6 Å². The van der Waals surface area contributed by atoms with Crippen molar-refractivity contribution in [3.05, 3.63) is 37.9 Å². The van der Waals surface area contributed by atoms with E-state index >= 15 is 0 Å². The molecule has 28 heavy (non-hydrogen) atoms. The highest BCUT2D eigenvalue weighted by Gasteiger charge is 2.29. The number of aryl methyl sites for hydroxylation is 2. The molecular formula is C18H22N4O4S2. The molecule has 0 bridgehead atoms. The summed E-state index contributed by atoms with van der Waals surface area (Å²) in [7, 11) is 0. The Morgan fingerprint density at radius 2 is 2.04 bits per heavy atom. The number of nitrogens with one attached hydrogen (secondary N) is 3. The Labute approximate surface area is 170 Å². The van der Waals surface area contributed by atoms with Crippen molar-refractivity contribution in [1.29, 1.82) is 0 Å². The molecule has 1 aliphatic heterocycles. The Kier molecular flexibility index (Phi) is 6.09. The van der Waals surface area contributed by atoms with Crippen molar-refractivity contribution < 1.29 is 14.3 Å².